The van der Waals surface area contributed by atoms with Crippen LogP contribution in [0.3, 0.4) is 0 Å². The molecule has 4 aliphatic carbocycles. The van der Waals surface area contributed by atoms with Gasteiger partial charge in [-0.15, -0.1) is 11.6 Å². The zero-order chi connectivity index (χ0) is 9.93. The first-order valence-corrected chi connectivity index (χ1v) is 6.42. The van der Waals surface area contributed by atoms with Crippen LogP contribution in [0.2, 0.25) is 0 Å². The van der Waals surface area contributed by atoms with Gasteiger partial charge in [-0.1, -0.05) is 15.9 Å². The third-order valence-corrected chi connectivity index (χ3v) is 6.77. The van der Waals surface area contributed by atoms with Crippen molar-refractivity contribution >= 4 is 27.5 Å². The highest BCUT2D eigenvalue weighted by molar-refractivity contribution is 9.10. The summed E-state index contributed by atoms with van der Waals surface area (Å²) in [5, 5.41) is 0. The summed E-state index contributed by atoms with van der Waals surface area (Å²) in [4.78, 5) is 0. The van der Waals surface area contributed by atoms with Crippen molar-refractivity contribution in [2.24, 2.45) is 17.3 Å². The molecule has 1 aliphatic heterocycles. The second kappa shape index (κ2) is 1.94. The summed E-state index contributed by atoms with van der Waals surface area (Å²) in [6.07, 6.45) is 0.571. The topological polar surface area (TPSA) is 18.5 Å². The molecule has 4 atom stereocenters. The van der Waals surface area contributed by atoms with Crippen LogP contribution in [0.25, 0.3) is 0 Å². The molecule has 2 nitrogen and oxygen atoms in total. The predicted octanol–water partition coefficient (Wildman–Crippen LogP) is 2.14. The first-order chi connectivity index (χ1) is 6.49. The van der Waals surface area contributed by atoms with Gasteiger partial charge in [0.1, 0.15) is 0 Å². The SMILES string of the molecule is CC1(C)OC2C(O1)C1C3(Br)C2C13CCl. The lowest BCUT2D eigenvalue weighted by atomic mass is 10.1. The Balaban J connectivity index is 1.70. The number of alkyl halides is 2. The minimum Gasteiger partial charge on any atom is -0.344 e. The minimum absolute atomic E-state index is 0.285. The van der Waals surface area contributed by atoms with Crippen molar-refractivity contribution in [2.75, 3.05) is 5.88 Å². The maximum atomic E-state index is 6.04. The summed E-state index contributed by atoms with van der Waals surface area (Å²) in [6, 6.07) is 0. The summed E-state index contributed by atoms with van der Waals surface area (Å²) >= 11 is 9.86. The highest BCUT2D eigenvalue weighted by Gasteiger charge is 3.05. The average Bonchev–Trinajstić information content (AvgIpc) is 2.56. The summed E-state index contributed by atoms with van der Waals surface area (Å²) in [5.41, 5.74) is 0.320. The molecule has 0 radical (unpaired) electrons. The van der Waals surface area contributed by atoms with Gasteiger partial charge in [0.15, 0.2) is 5.79 Å². The molecule has 4 heteroatoms. The Labute approximate surface area is 96.4 Å². The van der Waals surface area contributed by atoms with E-state index in [0.717, 1.165) is 5.88 Å². The molecule has 2 bridgehead atoms. The highest BCUT2D eigenvalue weighted by atomic mass is 79.9. The molecule has 0 aromatic rings. The van der Waals surface area contributed by atoms with Crippen molar-refractivity contribution in [3.05, 3.63) is 0 Å². The quantitative estimate of drug-likeness (QED) is 0.685. The molecular formula is C10H12BrClO2. The van der Waals surface area contributed by atoms with Gasteiger partial charge < -0.3 is 9.47 Å². The maximum absolute atomic E-state index is 6.04. The molecule has 0 aromatic carbocycles. The van der Waals surface area contributed by atoms with Crippen LogP contribution < -0.4 is 0 Å². The molecule has 4 saturated carbocycles. The van der Waals surface area contributed by atoms with Gasteiger partial charge in [0.05, 0.1) is 12.2 Å². The zero-order valence-corrected chi connectivity index (χ0v) is 10.4. The second-order valence-corrected chi connectivity index (χ2v) is 7.04. The van der Waals surface area contributed by atoms with E-state index in [1.807, 2.05) is 13.8 Å². The number of hydrogen-bond donors (Lipinski definition) is 0. The monoisotopic (exact) mass is 278 g/mol. The third-order valence-electron chi connectivity index (χ3n) is 4.60. The molecule has 0 N–H and O–H groups in total. The zero-order valence-electron chi connectivity index (χ0n) is 8.09. The number of ether oxygens (including phenoxy) is 2. The number of hydrogen-bond acceptors (Lipinski definition) is 2. The first-order valence-electron chi connectivity index (χ1n) is 5.09. The molecule has 5 fully saturated rings. The van der Waals surface area contributed by atoms with Crippen LogP contribution in [-0.2, 0) is 9.47 Å². The molecular weight excluding hydrogens is 267 g/mol. The molecule has 4 unspecified atom stereocenters. The molecule has 1 saturated heterocycles. The fraction of sp³-hybridized carbons (Fsp3) is 1.00. The van der Waals surface area contributed by atoms with Crippen molar-refractivity contribution in [1.29, 1.82) is 0 Å². The van der Waals surface area contributed by atoms with E-state index < -0.39 is 0 Å². The smallest absolute Gasteiger partial charge is 0.163 e. The molecule has 14 heavy (non-hydrogen) atoms. The van der Waals surface area contributed by atoms with E-state index in [1.54, 1.807) is 0 Å². The first kappa shape index (κ1) is 8.80. The van der Waals surface area contributed by atoms with E-state index in [9.17, 15) is 0 Å². The van der Waals surface area contributed by atoms with E-state index in [1.165, 1.54) is 0 Å². The van der Waals surface area contributed by atoms with E-state index >= 15 is 0 Å². The van der Waals surface area contributed by atoms with E-state index in [-0.39, 0.29) is 22.3 Å². The van der Waals surface area contributed by atoms with Gasteiger partial charge in [-0.25, -0.2) is 0 Å². The summed E-state index contributed by atoms with van der Waals surface area (Å²) < 4.78 is 12.1. The van der Waals surface area contributed by atoms with E-state index in [0.29, 0.717) is 17.3 Å². The summed E-state index contributed by atoms with van der Waals surface area (Å²) in [5.74, 6) is 1.56. The van der Waals surface area contributed by atoms with Crippen molar-refractivity contribution < 1.29 is 9.47 Å². The molecule has 0 spiro atoms. The van der Waals surface area contributed by atoms with E-state index in [4.69, 9.17) is 21.1 Å². The standard InChI is InChI=1S/C10H12BrClO2/c1-8(2)13-4-5(14-8)7-9(3-12)6(4)10(7,9)11/h4-7H,3H2,1-2H3. The lowest BCUT2D eigenvalue weighted by Crippen LogP contribution is -2.26. The lowest BCUT2D eigenvalue weighted by Gasteiger charge is -2.21. The number of halogens is 2. The maximum Gasteiger partial charge on any atom is 0.163 e. The van der Waals surface area contributed by atoms with Crippen molar-refractivity contribution in [1.82, 2.24) is 0 Å². The normalized spacial score (nSPS) is 70.3. The molecule has 1 heterocycles. The Morgan fingerprint density at radius 3 is 2.07 bits per heavy atom. The lowest BCUT2D eigenvalue weighted by molar-refractivity contribution is -0.160. The predicted molar refractivity (Wildman–Crippen MR) is 55.6 cm³/mol. The van der Waals surface area contributed by atoms with Crippen LogP contribution in [-0.4, -0.2) is 28.2 Å². The van der Waals surface area contributed by atoms with Gasteiger partial charge >= 0.3 is 0 Å². The largest absolute Gasteiger partial charge is 0.344 e. The Morgan fingerprint density at radius 2 is 1.71 bits per heavy atom. The van der Waals surface area contributed by atoms with Gasteiger partial charge in [-0.3, -0.25) is 0 Å². The Hall–Kier alpha value is 0.690. The van der Waals surface area contributed by atoms with Gasteiger partial charge in [-0.2, -0.15) is 0 Å². The molecule has 0 amide bonds. The van der Waals surface area contributed by atoms with Crippen molar-refractivity contribution in [3.8, 4) is 0 Å². The summed E-state index contributed by atoms with van der Waals surface area (Å²) in [7, 11) is 0. The van der Waals surface area contributed by atoms with Crippen LogP contribution in [0.4, 0.5) is 0 Å². The van der Waals surface area contributed by atoms with Crippen LogP contribution in [0.1, 0.15) is 13.8 Å². The molecule has 5 rings (SSSR count). The number of rotatable bonds is 1. The average molecular weight is 280 g/mol. The fourth-order valence-electron chi connectivity index (χ4n) is 4.10. The Kier molecular flexibility index (Phi) is 1.22. The molecule has 5 aliphatic rings. The van der Waals surface area contributed by atoms with Gasteiger partial charge in [0, 0.05) is 27.5 Å². The minimum atomic E-state index is -0.386. The molecule has 0 aromatic heterocycles. The van der Waals surface area contributed by atoms with Crippen molar-refractivity contribution in [3.63, 3.8) is 0 Å². The fourth-order valence-corrected chi connectivity index (χ4v) is 6.56. The van der Waals surface area contributed by atoms with Crippen LogP contribution in [0, 0.1) is 17.3 Å². The highest BCUT2D eigenvalue weighted by Crippen LogP contribution is 2.98. The Bertz CT molecular complexity index is 321. The van der Waals surface area contributed by atoms with Gasteiger partial charge in [-0.05, 0) is 13.8 Å². The third kappa shape index (κ3) is 0.580. The van der Waals surface area contributed by atoms with E-state index in [2.05, 4.69) is 15.9 Å². The van der Waals surface area contributed by atoms with Gasteiger partial charge in [0.2, 0.25) is 0 Å². The van der Waals surface area contributed by atoms with Crippen LogP contribution in [0.5, 0.6) is 0 Å². The molecule has 78 valence electrons. The van der Waals surface area contributed by atoms with Crippen molar-refractivity contribution in [2.45, 2.75) is 36.2 Å². The second-order valence-electron chi connectivity index (χ2n) is 5.46. The van der Waals surface area contributed by atoms with Crippen LogP contribution in [0.15, 0.2) is 0 Å². The van der Waals surface area contributed by atoms with Crippen LogP contribution >= 0.6 is 27.5 Å². The Morgan fingerprint density at radius 1 is 1.21 bits per heavy atom. The van der Waals surface area contributed by atoms with Gasteiger partial charge in [0.25, 0.3) is 0 Å². The summed E-state index contributed by atoms with van der Waals surface area (Å²) in [6.45, 7) is 3.99.